The van der Waals surface area contributed by atoms with Gasteiger partial charge in [0.2, 0.25) is 6.29 Å². The van der Waals surface area contributed by atoms with Crippen molar-refractivity contribution in [1.29, 1.82) is 0 Å². The molecule has 2 heterocycles. The Morgan fingerprint density at radius 3 is 2.23 bits per heavy atom. The summed E-state index contributed by atoms with van der Waals surface area (Å²) in [6.45, 7) is 2.12. The Labute approximate surface area is 152 Å². The van der Waals surface area contributed by atoms with Crippen molar-refractivity contribution in [2.24, 2.45) is 4.99 Å². The van der Waals surface area contributed by atoms with Gasteiger partial charge in [0.1, 0.15) is 0 Å². The molecule has 3 aromatic carbocycles. The molecule has 0 amide bonds. The van der Waals surface area contributed by atoms with Crippen LogP contribution < -0.4 is 5.32 Å². The normalized spacial score (nSPS) is 16.7. The van der Waals surface area contributed by atoms with E-state index in [9.17, 15) is 0 Å². The largest absolute Gasteiger partial charge is 0.346 e. The molecule has 3 heteroatoms. The second-order valence-corrected chi connectivity index (χ2v) is 6.67. The number of nitrogens with one attached hydrogen (secondary N) is 1. The molecule has 0 spiro atoms. The van der Waals surface area contributed by atoms with Crippen LogP contribution in [-0.4, -0.2) is 10.8 Å². The standard InChI is InChI=1S/C23H19N3/c1-16-7-6-8-17(15-16)20-13-14-24-23(25-20)26-21-11-4-2-9-18(21)19-10-3-5-12-22(19)26/h2-15,23,25H,1H3. The lowest BCUT2D eigenvalue weighted by Crippen LogP contribution is -2.26. The fraction of sp³-hybridized carbons (Fsp3) is 0.0870. The highest BCUT2D eigenvalue weighted by Gasteiger charge is 2.19. The molecule has 1 aliphatic rings. The summed E-state index contributed by atoms with van der Waals surface area (Å²) in [4.78, 5) is 4.72. The summed E-state index contributed by atoms with van der Waals surface area (Å²) in [6, 6.07) is 25.6. The van der Waals surface area contributed by atoms with Gasteiger partial charge in [-0.2, -0.15) is 0 Å². The molecule has 1 N–H and O–H groups in total. The first kappa shape index (κ1) is 15.0. The van der Waals surface area contributed by atoms with Gasteiger partial charge in [0.05, 0.1) is 11.0 Å². The van der Waals surface area contributed by atoms with Crippen molar-refractivity contribution in [3.63, 3.8) is 0 Å². The van der Waals surface area contributed by atoms with Gasteiger partial charge in [-0.15, -0.1) is 0 Å². The maximum absolute atomic E-state index is 4.72. The fourth-order valence-electron chi connectivity index (χ4n) is 3.76. The van der Waals surface area contributed by atoms with Crippen LogP contribution in [0.3, 0.4) is 0 Å². The minimum absolute atomic E-state index is 0.166. The third kappa shape index (κ3) is 2.32. The molecule has 1 aliphatic heterocycles. The maximum Gasteiger partial charge on any atom is 0.200 e. The van der Waals surface area contributed by atoms with E-state index in [2.05, 4.69) is 89.6 Å². The Bertz CT molecular complexity index is 1130. The first-order valence-electron chi connectivity index (χ1n) is 8.86. The summed E-state index contributed by atoms with van der Waals surface area (Å²) in [5.74, 6) is 0. The van der Waals surface area contributed by atoms with E-state index in [0.29, 0.717) is 0 Å². The van der Waals surface area contributed by atoms with Crippen molar-refractivity contribution < 1.29 is 0 Å². The second-order valence-electron chi connectivity index (χ2n) is 6.67. The number of allylic oxidation sites excluding steroid dienone is 1. The van der Waals surface area contributed by atoms with Gasteiger partial charge in [-0.05, 0) is 36.8 Å². The maximum atomic E-state index is 4.72. The average molecular weight is 337 g/mol. The molecule has 126 valence electrons. The van der Waals surface area contributed by atoms with E-state index in [1.807, 2.05) is 12.3 Å². The Balaban J connectivity index is 1.65. The molecule has 4 aromatic rings. The van der Waals surface area contributed by atoms with E-state index in [4.69, 9.17) is 4.99 Å². The summed E-state index contributed by atoms with van der Waals surface area (Å²) in [5, 5.41) is 6.12. The highest BCUT2D eigenvalue weighted by Crippen LogP contribution is 2.32. The zero-order valence-electron chi connectivity index (χ0n) is 14.6. The van der Waals surface area contributed by atoms with Gasteiger partial charge >= 0.3 is 0 Å². The lowest BCUT2D eigenvalue weighted by atomic mass is 10.1. The third-order valence-electron chi connectivity index (χ3n) is 4.94. The van der Waals surface area contributed by atoms with E-state index >= 15 is 0 Å². The van der Waals surface area contributed by atoms with Gasteiger partial charge in [-0.1, -0.05) is 60.2 Å². The number of nitrogens with zero attached hydrogens (tertiary/aromatic N) is 2. The van der Waals surface area contributed by atoms with Gasteiger partial charge in [0.25, 0.3) is 0 Å². The third-order valence-corrected chi connectivity index (χ3v) is 4.94. The van der Waals surface area contributed by atoms with Gasteiger partial charge < -0.3 is 9.88 Å². The first-order chi connectivity index (χ1) is 12.8. The monoisotopic (exact) mass is 337 g/mol. The van der Waals surface area contributed by atoms with Crippen LogP contribution in [0.15, 0.2) is 83.9 Å². The van der Waals surface area contributed by atoms with Crippen LogP contribution >= 0.6 is 0 Å². The van der Waals surface area contributed by atoms with Crippen LogP contribution in [0.25, 0.3) is 27.5 Å². The molecule has 0 saturated carbocycles. The number of para-hydroxylation sites is 2. The summed E-state index contributed by atoms with van der Waals surface area (Å²) in [5.41, 5.74) is 5.90. The number of rotatable bonds is 2. The molecule has 0 radical (unpaired) electrons. The average Bonchev–Trinajstić information content (AvgIpc) is 3.03. The van der Waals surface area contributed by atoms with E-state index in [1.165, 1.54) is 32.9 Å². The quantitative estimate of drug-likeness (QED) is 0.530. The Morgan fingerprint density at radius 1 is 0.846 bits per heavy atom. The number of benzene rings is 3. The summed E-state index contributed by atoms with van der Waals surface area (Å²) in [6.07, 6.45) is 3.78. The molecule has 0 bridgehead atoms. The molecule has 1 atom stereocenters. The predicted molar refractivity (Wildman–Crippen MR) is 109 cm³/mol. The Morgan fingerprint density at radius 2 is 1.54 bits per heavy atom. The van der Waals surface area contributed by atoms with Crippen LogP contribution in [0.5, 0.6) is 0 Å². The Hall–Kier alpha value is -3.33. The van der Waals surface area contributed by atoms with E-state index in [-0.39, 0.29) is 6.29 Å². The van der Waals surface area contributed by atoms with Crippen LogP contribution in [0.4, 0.5) is 0 Å². The number of hydrogen-bond acceptors (Lipinski definition) is 2. The molecular weight excluding hydrogens is 318 g/mol. The molecule has 3 nitrogen and oxygen atoms in total. The number of aromatic nitrogens is 1. The lowest BCUT2D eigenvalue weighted by molar-refractivity contribution is 0.510. The van der Waals surface area contributed by atoms with Crippen LogP contribution in [-0.2, 0) is 0 Å². The molecule has 5 rings (SSSR count). The minimum Gasteiger partial charge on any atom is -0.346 e. The van der Waals surface area contributed by atoms with Crippen LogP contribution in [0.1, 0.15) is 17.4 Å². The number of aryl methyl sites for hydroxylation is 1. The molecule has 0 fully saturated rings. The zero-order valence-corrected chi connectivity index (χ0v) is 14.6. The number of hydrogen-bond donors (Lipinski definition) is 1. The topological polar surface area (TPSA) is 29.3 Å². The second kappa shape index (κ2) is 5.88. The smallest absolute Gasteiger partial charge is 0.200 e. The van der Waals surface area contributed by atoms with Crippen molar-refractivity contribution in [1.82, 2.24) is 9.88 Å². The molecule has 26 heavy (non-hydrogen) atoms. The summed E-state index contributed by atoms with van der Waals surface area (Å²) >= 11 is 0. The van der Waals surface area contributed by atoms with Crippen LogP contribution in [0.2, 0.25) is 0 Å². The van der Waals surface area contributed by atoms with Gasteiger partial charge in [-0.25, -0.2) is 4.99 Å². The lowest BCUT2D eigenvalue weighted by Gasteiger charge is -2.24. The van der Waals surface area contributed by atoms with Crippen molar-refractivity contribution in [3.05, 3.63) is 90.0 Å². The molecule has 0 aliphatic carbocycles. The van der Waals surface area contributed by atoms with Crippen LogP contribution in [0, 0.1) is 6.92 Å². The van der Waals surface area contributed by atoms with Crippen molar-refractivity contribution in [2.45, 2.75) is 13.2 Å². The van der Waals surface area contributed by atoms with E-state index in [1.54, 1.807) is 0 Å². The predicted octanol–water partition coefficient (Wildman–Crippen LogP) is 5.27. The highest BCUT2D eigenvalue weighted by molar-refractivity contribution is 6.08. The summed E-state index contributed by atoms with van der Waals surface area (Å²) in [7, 11) is 0. The Kier molecular flexibility index (Phi) is 3.39. The van der Waals surface area contributed by atoms with E-state index < -0.39 is 0 Å². The highest BCUT2D eigenvalue weighted by atomic mass is 15.3. The van der Waals surface area contributed by atoms with Gasteiger partial charge in [0, 0.05) is 22.7 Å². The van der Waals surface area contributed by atoms with Gasteiger partial charge in [-0.3, -0.25) is 0 Å². The van der Waals surface area contributed by atoms with Gasteiger partial charge in [0.15, 0.2) is 0 Å². The molecule has 0 saturated heterocycles. The van der Waals surface area contributed by atoms with Crippen molar-refractivity contribution in [2.75, 3.05) is 0 Å². The summed E-state index contributed by atoms with van der Waals surface area (Å²) < 4.78 is 2.28. The van der Waals surface area contributed by atoms with Crippen molar-refractivity contribution >= 4 is 33.7 Å². The minimum atomic E-state index is -0.166. The molecular formula is C23H19N3. The molecule has 1 unspecified atom stereocenters. The zero-order chi connectivity index (χ0) is 17.5. The number of aliphatic imine (C=N–C) groups is 1. The number of fused-ring (bicyclic) bond motifs is 3. The SMILES string of the molecule is Cc1cccc(C2=CC=NC(n3c4ccccc4c4ccccc43)N2)c1. The molecule has 1 aromatic heterocycles. The van der Waals surface area contributed by atoms with Crippen molar-refractivity contribution in [3.8, 4) is 0 Å². The fourth-order valence-corrected chi connectivity index (χ4v) is 3.76. The first-order valence-corrected chi connectivity index (χ1v) is 8.86. The van der Waals surface area contributed by atoms with E-state index in [0.717, 1.165) is 5.70 Å².